The number of nitro benzene ring substituents is 1. The Morgan fingerprint density at radius 2 is 2.14 bits per heavy atom. The van der Waals surface area contributed by atoms with E-state index in [2.05, 4.69) is 10.3 Å². The molecule has 0 spiro atoms. The van der Waals surface area contributed by atoms with Crippen molar-refractivity contribution in [2.75, 3.05) is 5.32 Å². The maximum Gasteiger partial charge on any atom is 0.285 e. The van der Waals surface area contributed by atoms with Gasteiger partial charge >= 0.3 is 0 Å². The number of aromatic nitrogens is 1. The van der Waals surface area contributed by atoms with Gasteiger partial charge in [0.2, 0.25) is 0 Å². The van der Waals surface area contributed by atoms with E-state index in [1.807, 2.05) is 0 Å². The first-order valence-corrected chi connectivity index (χ1v) is 6.48. The third-order valence-electron chi connectivity index (χ3n) is 2.49. The van der Waals surface area contributed by atoms with Gasteiger partial charge in [0.15, 0.2) is 10.9 Å². The van der Waals surface area contributed by atoms with Crippen molar-refractivity contribution in [1.82, 2.24) is 4.98 Å². The molecule has 0 aliphatic heterocycles. The predicted molar refractivity (Wildman–Crippen MR) is 73.1 cm³/mol. The summed E-state index contributed by atoms with van der Waals surface area (Å²) in [7, 11) is 0. The van der Waals surface area contributed by atoms with Crippen LogP contribution in [0.2, 0.25) is 0 Å². The fourth-order valence-corrected chi connectivity index (χ4v) is 2.25. The Balaban J connectivity index is 2.27. The predicted octanol–water partition coefficient (Wildman–Crippen LogP) is 2.65. The number of ketones is 1. The van der Waals surface area contributed by atoms with Crippen molar-refractivity contribution in [2.24, 2.45) is 0 Å². The molecule has 0 unspecified atom stereocenters. The number of anilines is 1. The molecule has 0 bridgehead atoms. The maximum atomic E-state index is 13.0. The highest BCUT2D eigenvalue weighted by Crippen LogP contribution is 2.22. The van der Waals surface area contributed by atoms with E-state index < -0.39 is 22.3 Å². The Morgan fingerprint density at radius 1 is 1.43 bits per heavy atom. The number of Topliss-reactive ketones (excluding diaryl/α,β-unsaturated/α-hetero) is 1. The number of hydrogen-bond donors (Lipinski definition) is 1. The summed E-state index contributed by atoms with van der Waals surface area (Å²) in [5.74, 6) is -1.88. The van der Waals surface area contributed by atoms with Gasteiger partial charge in [0.1, 0.15) is 17.1 Å². The molecule has 1 amide bonds. The van der Waals surface area contributed by atoms with Gasteiger partial charge in [-0.25, -0.2) is 9.37 Å². The van der Waals surface area contributed by atoms with Crippen molar-refractivity contribution >= 4 is 33.8 Å². The van der Waals surface area contributed by atoms with Crippen LogP contribution in [0.4, 0.5) is 15.2 Å². The first kappa shape index (κ1) is 14.7. The summed E-state index contributed by atoms with van der Waals surface area (Å²) in [6.45, 7) is 1.32. The quantitative estimate of drug-likeness (QED) is 0.531. The highest BCUT2D eigenvalue weighted by atomic mass is 32.1. The van der Waals surface area contributed by atoms with Crippen molar-refractivity contribution < 1.29 is 18.9 Å². The van der Waals surface area contributed by atoms with Gasteiger partial charge in [-0.05, 0) is 12.1 Å². The summed E-state index contributed by atoms with van der Waals surface area (Å²) in [6.07, 6.45) is 0. The highest BCUT2D eigenvalue weighted by Gasteiger charge is 2.22. The Morgan fingerprint density at radius 3 is 2.71 bits per heavy atom. The van der Waals surface area contributed by atoms with Gasteiger partial charge in [0.25, 0.3) is 11.6 Å². The average molecular weight is 309 g/mol. The minimum absolute atomic E-state index is 0.129. The van der Waals surface area contributed by atoms with E-state index in [0.717, 1.165) is 23.5 Å². The number of hydrogen-bond acceptors (Lipinski definition) is 6. The molecule has 0 aliphatic carbocycles. The molecule has 21 heavy (non-hydrogen) atoms. The van der Waals surface area contributed by atoms with Crippen molar-refractivity contribution in [1.29, 1.82) is 0 Å². The standard InChI is InChI=1S/C12H8FN3O4S/c1-6(17)9-5-21-12(14-9)15-11(18)8-3-2-7(13)4-10(8)16(19)20/h2-5H,1H3,(H,14,15,18). The van der Waals surface area contributed by atoms with Crippen LogP contribution in [0.15, 0.2) is 23.6 Å². The number of thiazole rings is 1. The van der Waals surface area contributed by atoms with Crippen LogP contribution in [0.25, 0.3) is 0 Å². The fraction of sp³-hybridized carbons (Fsp3) is 0.0833. The molecule has 2 rings (SSSR count). The molecule has 7 nitrogen and oxygen atoms in total. The number of carbonyl (C=O) groups is 2. The van der Waals surface area contributed by atoms with E-state index >= 15 is 0 Å². The summed E-state index contributed by atoms with van der Waals surface area (Å²) in [5, 5.41) is 14.7. The minimum Gasteiger partial charge on any atom is -0.298 e. The number of nitrogens with zero attached hydrogens (tertiary/aromatic N) is 2. The van der Waals surface area contributed by atoms with Gasteiger partial charge in [-0.2, -0.15) is 0 Å². The highest BCUT2D eigenvalue weighted by molar-refractivity contribution is 7.14. The third-order valence-corrected chi connectivity index (χ3v) is 3.24. The van der Waals surface area contributed by atoms with Crippen LogP contribution in [0.3, 0.4) is 0 Å². The Labute approximate surface area is 121 Å². The van der Waals surface area contributed by atoms with Crippen LogP contribution in [0.5, 0.6) is 0 Å². The van der Waals surface area contributed by atoms with Crippen LogP contribution in [-0.2, 0) is 0 Å². The van der Waals surface area contributed by atoms with E-state index in [-0.39, 0.29) is 22.2 Å². The summed E-state index contributed by atoms with van der Waals surface area (Å²) in [6, 6.07) is 2.63. The molecule has 9 heteroatoms. The molecular weight excluding hydrogens is 301 g/mol. The Bertz CT molecular complexity index is 744. The minimum atomic E-state index is -0.846. The van der Waals surface area contributed by atoms with Gasteiger partial charge in [-0.3, -0.25) is 25.0 Å². The van der Waals surface area contributed by atoms with Gasteiger partial charge in [0, 0.05) is 12.3 Å². The summed E-state index contributed by atoms with van der Waals surface area (Å²) in [4.78, 5) is 36.9. The SMILES string of the molecule is CC(=O)c1csc(NC(=O)c2ccc(F)cc2[N+](=O)[O-])n1. The van der Waals surface area contributed by atoms with Crippen molar-refractivity contribution in [3.63, 3.8) is 0 Å². The molecule has 0 radical (unpaired) electrons. The molecule has 2 aromatic rings. The lowest BCUT2D eigenvalue weighted by molar-refractivity contribution is -0.385. The number of amides is 1. The second-order valence-electron chi connectivity index (χ2n) is 3.97. The van der Waals surface area contributed by atoms with E-state index in [1.54, 1.807) is 0 Å². The van der Waals surface area contributed by atoms with Gasteiger partial charge in [-0.1, -0.05) is 0 Å². The molecule has 0 saturated carbocycles. The van der Waals surface area contributed by atoms with Gasteiger partial charge < -0.3 is 0 Å². The number of nitro groups is 1. The van der Waals surface area contributed by atoms with E-state index in [4.69, 9.17) is 0 Å². The molecular formula is C12H8FN3O4S. The van der Waals surface area contributed by atoms with E-state index in [0.29, 0.717) is 6.07 Å². The number of benzene rings is 1. The molecule has 1 aromatic carbocycles. The topological polar surface area (TPSA) is 102 Å². The molecule has 0 aliphatic rings. The summed E-state index contributed by atoms with van der Waals surface area (Å²) in [5.41, 5.74) is -0.749. The molecule has 1 aromatic heterocycles. The van der Waals surface area contributed by atoms with Gasteiger partial charge in [-0.15, -0.1) is 11.3 Å². The average Bonchev–Trinajstić information content (AvgIpc) is 2.87. The summed E-state index contributed by atoms with van der Waals surface area (Å²) >= 11 is 1.01. The third kappa shape index (κ3) is 3.26. The van der Waals surface area contributed by atoms with Crippen LogP contribution >= 0.6 is 11.3 Å². The molecule has 108 valence electrons. The zero-order chi connectivity index (χ0) is 15.6. The number of rotatable bonds is 4. The zero-order valence-corrected chi connectivity index (χ0v) is 11.4. The normalized spacial score (nSPS) is 10.2. The molecule has 1 heterocycles. The maximum absolute atomic E-state index is 13.0. The monoisotopic (exact) mass is 309 g/mol. The van der Waals surface area contributed by atoms with Crippen LogP contribution in [0, 0.1) is 15.9 Å². The number of carbonyl (C=O) groups excluding carboxylic acids is 2. The van der Waals surface area contributed by atoms with E-state index in [9.17, 15) is 24.1 Å². The van der Waals surface area contributed by atoms with Crippen molar-refractivity contribution in [3.05, 3.63) is 50.8 Å². The summed E-state index contributed by atoms with van der Waals surface area (Å²) < 4.78 is 13.0. The largest absolute Gasteiger partial charge is 0.298 e. The number of halogens is 1. The van der Waals surface area contributed by atoms with Crippen molar-refractivity contribution in [2.45, 2.75) is 6.92 Å². The lowest BCUT2D eigenvalue weighted by atomic mass is 10.1. The lowest BCUT2D eigenvalue weighted by Crippen LogP contribution is -2.14. The first-order chi connectivity index (χ1) is 9.88. The molecule has 0 saturated heterocycles. The first-order valence-electron chi connectivity index (χ1n) is 5.60. The fourth-order valence-electron chi connectivity index (χ4n) is 1.51. The lowest BCUT2D eigenvalue weighted by Gasteiger charge is -2.03. The van der Waals surface area contributed by atoms with Crippen LogP contribution in [0.1, 0.15) is 27.8 Å². The van der Waals surface area contributed by atoms with Crippen LogP contribution < -0.4 is 5.32 Å². The Kier molecular flexibility index (Phi) is 4.03. The van der Waals surface area contributed by atoms with E-state index in [1.165, 1.54) is 12.3 Å². The van der Waals surface area contributed by atoms with Crippen LogP contribution in [-0.4, -0.2) is 21.6 Å². The molecule has 0 atom stereocenters. The van der Waals surface area contributed by atoms with Crippen molar-refractivity contribution in [3.8, 4) is 0 Å². The zero-order valence-electron chi connectivity index (χ0n) is 10.6. The van der Waals surface area contributed by atoms with Gasteiger partial charge in [0.05, 0.1) is 11.0 Å². The second-order valence-corrected chi connectivity index (χ2v) is 4.82. The number of nitrogens with one attached hydrogen (secondary N) is 1. The smallest absolute Gasteiger partial charge is 0.285 e. The molecule has 0 fully saturated rings. The second kappa shape index (κ2) is 5.75. The molecule has 1 N–H and O–H groups in total. The Hall–Kier alpha value is -2.68.